The van der Waals surface area contributed by atoms with Gasteiger partial charge in [0.05, 0.1) is 0 Å². The summed E-state index contributed by atoms with van der Waals surface area (Å²) in [6, 6.07) is 25.5. The van der Waals surface area contributed by atoms with E-state index in [2.05, 4.69) is 97.9 Å². The Labute approximate surface area is 188 Å². The maximum Gasteiger partial charge on any atom is 0.294 e. The van der Waals surface area contributed by atoms with Crippen molar-refractivity contribution in [2.24, 2.45) is 0 Å². The molecular formula is C30H26O2. The molecule has 0 aromatic heterocycles. The molecule has 2 heterocycles. The van der Waals surface area contributed by atoms with E-state index in [1.807, 2.05) is 0 Å². The third-order valence-corrected chi connectivity index (χ3v) is 6.59. The van der Waals surface area contributed by atoms with Gasteiger partial charge in [0.2, 0.25) is 0 Å². The van der Waals surface area contributed by atoms with Crippen LogP contribution in [0.5, 0.6) is 11.5 Å². The first kappa shape index (κ1) is 19.2. The number of fused-ring (bicyclic) bond motifs is 4. The highest BCUT2D eigenvalue weighted by Crippen LogP contribution is 2.45. The van der Waals surface area contributed by atoms with Gasteiger partial charge in [-0.15, -0.1) is 0 Å². The Hall–Kier alpha value is -3.52. The molecule has 2 aliphatic heterocycles. The van der Waals surface area contributed by atoms with Crippen LogP contribution in [0.4, 0.5) is 0 Å². The molecule has 1 unspecified atom stereocenters. The standard InChI is InChI=1S/C30H26O2/c1-2-3-4-13-27-18-26-17-22-10-6-8-12-24(22)20-29(26)32-30(27)15-14-25-16-21-9-5-7-11-23(21)19-28(25)31-30/h5-12,14-20H,2-4,13H2,1H3. The summed E-state index contributed by atoms with van der Waals surface area (Å²) in [4.78, 5) is 0. The number of rotatable bonds is 4. The summed E-state index contributed by atoms with van der Waals surface area (Å²) in [5, 5.41) is 4.80. The SMILES string of the molecule is CCCCCC1=Cc2cc3ccccc3cc2OC12C=Cc1cc3ccccc3cc1O2. The summed E-state index contributed by atoms with van der Waals surface area (Å²) in [6.07, 6.45) is 11.0. The van der Waals surface area contributed by atoms with Crippen LogP contribution in [-0.4, -0.2) is 5.79 Å². The average Bonchev–Trinajstić information content (AvgIpc) is 2.82. The summed E-state index contributed by atoms with van der Waals surface area (Å²) in [7, 11) is 0. The number of hydrogen-bond donors (Lipinski definition) is 0. The molecule has 1 atom stereocenters. The largest absolute Gasteiger partial charge is 0.444 e. The van der Waals surface area contributed by atoms with Gasteiger partial charge in [0, 0.05) is 22.8 Å². The van der Waals surface area contributed by atoms with E-state index in [-0.39, 0.29) is 0 Å². The fourth-order valence-corrected chi connectivity index (χ4v) is 4.85. The van der Waals surface area contributed by atoms with Crippen LogP contribution >= 0.6 is 0 Å². The molecular weight excluding hydrogens is 392 g/mol. The molecule has 4 aromatic carbocycles. The quantitative estimate of drug-likeness (QED) is 0.311. The Bertz CT molecular complexity index is 1390. The van der Waals surface area contributed by atoms with Gasteiger partial charge >= 0.3 is 0 Å². The molecule has 6 rings (SSSR count). The molecule has 0 aliphatic carbocycles. The van der Waals surface area contributed by atoms with Crippen LogP contribution in [0.3, 0.4) is 0 Å². The Morgan fingerprint density at radius 2 is 1.25 bits per heavy atom. The molecule has 0 saturated carbocycles. The third-order valence-electron chi connectivity index (χ3n) is 6.59. The van der Waals surface area contributed by atoms with Gasteiger partial charge < -0.3 is 9.47 Å². The summed E-state index contributed by atoms with van der Waals surface area (Å²) in [5.41, 5.74) is 3.40. The van der Waals surface area contributed by atoms with E-state index in [9.17, 15) is 0 Å². The van der Waals surface area contributed by atoms with Gasteiger partial charge in [0.25, 0.3) is 5.79 Å². The van der Waals surface area contributed by atoms with Crippen LogP contribution < -0.4 is 9.47 Å². The molecule has 0 saturated heterocycles. The smallest absolute Gasteiger partial charge is 0.294 e. The highest BCUT2D eigenvalue weighted by molar-refractivity contribution is 5.89. The molecule has 0 bridgehead atoms. The van der Waals surface area contributed by atoms with Crippen molar-refractivity contribution in [2.75, 3.05) is 0 Å². The molecule has 0 fully saturated rings. The summed E-state index contributed by atoms with van der Waals surface area (Å²) in [5.74, 6) is 0.854. The van der Waals surface area contributed by atoms with E-state index in [0.717, 1.165) is 35.5 Å². The topological polar surface area (TPSA) is 18.5 Å². The summed E-state index contributed by atoms with van der Waals surface area (Å²) >= 11 is 0. The van der Waals surface area contributed by atoms with Crippen LogP contribution in [-0.2, 0) is 0 Å². The molecule has 0 N–H and O–H groups in total. The Morgan fingerprint density at radius 1 is 0.688 bits per heavy atom. The van der Waals surface area contributed by atoms with Gasteiger partial charge in [-0.05, 0) is 70.8 Å². The fraction of sp³-hybridized carbons (Fsp3) is 0.200. The lowest BCUT2D eigenvalue weighted by Crippen LogP contribution is -2.45. The molecule has 32 heavy (non-hydrogen) atoms. The average molecular weight is 419 g/mol. The van der Waals surface area contributed by atoms with Crippen LogP contribution in [0, 0.1) is 0 Å². The van der Waals surface area contributed by atoms with Gasteiger partial charge in [-0.1, -0.05) is 68.3 Å². The maximum atomic E-state index is 6.70. The second-order valence-electron chi connectivity index (χ2n) is 8.81. The van der Waals surface area contributed by atoms with Gasteiger partial charge in [-0.25, -0.2) is 0 Å². The first-order chi connectivity index (χ1) is 15.7. The van der Waals surface area contributed by atoms with E-state index in [1.165, 1.54) is 40.0 Å². The van der Waals surface area contributed by atoms with Crippen molar-refractivity contribution < 1.29 is 9.47 Å². The van der Waals surface area contributed by atoms with E-state index >= 15 is 0 Å². The summed E-state index contributed by atoms with van der Waals surface area (Å²) < 4.78 is 13.4. The number of hydrogen-bond acceptors (Lipinski definition) is 2. The lowest BCUT2D eigenvalue weighted by molar-refractivity contribution is -0.0437. The molecule has 1 spiro atoms. The van der Waals surface area contributed by atoms with Gasteiger partial charge in [-0.3, -0.25) is 0 Å². The molecule has 0 radical (unpaired) electrons. The predicted molar refractivity (Wildman–Crippen MR) is 133 cm³/mol. The van der Waals surface area contributed by atoms with Crippen molar-refractivity contribution in [3.05, 3.63) is 95.6 Å². The predicted octanol–water partition coefficient (Wildman–Crippen LogP) is 8.15. The van der Waals surface area contributed by atoms with Gasteiger partial charge in [0.15, 0.2) is 0 Å². The number of ether oxygens (including phenoxy) is 2. The second kappa shape index (κ2) is 7.56. The molecule has 0 amide bonds. The van der Waals surface area contributed by atoms with E-state index in [1.54, 1.807) is 0 Å². The second-order valence-corrected chi connectivity index (χ2v) is 8.81. The molecule has 4 aromatic rings. The van der Waals surface area contributed by atoms with Crippen molar-refractivity contribution in [3.8, 4) is 11.5 Å². The normalized spacial score (nSPS) is 18.7. The Kier molecular flexibility index (Phi) is 4.53. The Morgan fingerprint density at radius 3 is 1.88 bits per heavy atom. The van der Waals surface area contributed by atoms with Crippen LogP contribution in [0.15, 0.2) is 84.4 Å². The number of benzene rings is 4. The minimum atomic E-state index is -0.890. The molecule has 2 nitrogen and oxygen atoms in total. The molecule has 2 aliphatic rings. The highest BCUT2D eigenvalue weighted by atomic mass is 16.7. The van der Waals surface area contributed by atoms with Gasteiger partial charge in [0.1, 0.15) is 11.5 Å². The molecule has 158 valence electrons. The lowest BCUT2D eigenvalue weighted by Gasteiger charge is -2.40. The third kappa shape index (κ3) is 3.18. The van der Waals surface area contributed by atoms with Crippen LogP contribution in [0.2, 0.25) is 0 Å². The van der Waals surface area contributed by atoms with Crippen LogP contribution in [0.25, 0.3) is 33.7 Å². The van der Waals surface area contributed by atoms with Crippen molar-refractivity contribution in [3.63, 3.8) is 0 Å². The van der Waals surface area contributed by atoms with E-state index in [4.69, 9.17) is 9.47 Å². The maximum absolute atomic E-state index is 6.70. The van der Waals surface area contributed by atoms with Crippen LogP contribution in [0.1, 0.15) is 43.7 Å². The van der Waals surface area contributed by atoms with Crippen molar-refractivity contribution in [2.45, 2.75) is 38.4 Å². The van der Waals surface area contributed by atoms with Gasteiger partial charge in [-0.2, -0.15) is 0 Å². The van der Waals surface area contributed by atoms with E-state index < -0.39 is 5.79 Å². The minimum Gasteiger partial charge on any atom is -0.444 e. The van der Waals surface area contributed by atoms with Crippen molar-refractivity contribution in [1.29, 1.82) is 0 Å². The lowest BCUT2D eigenvalue weighted by atomic mass is 9.90. The number of unbranched alkanes of at least 4 members (excludes halogenated alkanes) is 2. The fourth-order valence-electron chi connectivity index (χ4n) is 4.85. The zero-order valence-electron chi connectivity index (χ0n) is 18.3. The first-order valence-corrected chi connectivity index (χ1v) is 11.6. The zero-order chi connectivity index (χ0) is 21.5. The van der Waals surface area contributed by atoms with Crippen molar-refractivity contribution >= 4 is 33.7 Å². The zero-order valence-corrected chi connectivity index (χ0v) is 18.3. The van der Waals surface area contributed by atoms with E-state index in [0.29, 0.717) is 0 Å². The first-order valence-electron chi connectivity index (χ1n) is 11.6. The van der Waals surface area contributed by atoms with Crippen molar-refractivity contribution in [1.82, 2.24) is 0 Å². The minimum absolute atomic E-state index is 0.872. The highest BCUT2D eigenvalue weighted by Gasteiger charge is 2.42. The monoisotopic (exact) mass is 418 g/mol. The summed E-state index contributed by atoms with van der Waals surface area (Å²) in [6.45, 7) is 2.24. The molecule has 2 heteroatoms. The Balaban J connectivity index is 1.46.